The summed E-state index contributed by atoms with van der Waals surface area (Å²) in [5, 5.41) is 9.00. The van der Waals surface area contributed by atoms with Gasteiger partial charge in [0.25, 0.3) is 5.56 Å². The summed E-state index contributed by atoms with van der Waals surface area (Å²) in [5.41, 5.74) is 1.03. The fraction of sp³-hybridized carbons (Fsp3) is 0.370. The number of amides is 1. The van der Waals surface area contributed by atoms with Gasteiger partial charge in [0.15, 0.2) is 16.5 Å². The molecule has 2 aromatic heterocycles. The maximum absolute atomic E-state index is 13.5. The molecule has 0 radical (unpaired) electrons. The smallest absolute Gasteiger partial charge is 0.300 e. The number of carbonyl (C=O) groups is 1. The molecule has 6 rings (SSSR count). The van der Waals surface area contributed by atoms with E-state index in [1.165, 1.54) is 59.8 Å². The second kappa shape index (κ2) is 9.79. The molecular weight excluding hydrogens is 557 g/mol. The van der Waals surface area contributed by atoms with Gasteiger partial charge >= 0.3 is 0 Å². The first-order valence-corrected chi connectivity index (χ1v) is 14.3. The Morgan fingerprint density at radius 3 is 2.73 bits per heavy atom. The molecule has 2 heterocycles. The number of rotatable bonds is 6. The van der Waals surface area contributed by atoms with Crippen LogP contribution in [0.25, 0.3) is 27.8 Å². The predicted octanol–water partition coefficient (Wildman–Crippen LogP) is 5.24. The van der Waals surface area contributed by atoms with E-state index < -0.39 is 11.4 Å². The van der Waals surface area contributed by atoms with Gasteiger partial charge in [-0.2, -0.15) is 14.6 Å². The number of hydrogen-bond donors (Lipinski definition) is 1. The minimum absolute atomic E-state index is 0.0281. The number of benzene rings is 2. The molecule has 7 nitrogen and oxygen atoms in total. The Morgan fingerprint density at radius 1 is 1.16 bits per heavy atom. The number of fused-ring (bicyclic) bond motifs is 5. The van der Waals surface area contributed by atoms with Crippen LogP contribution in [0, 0.1) is 23.6 Å². The van der Waals surface area contributed by atoms with Crippen LogP contribution in [0.1, 0.15) is 32.6 Å². The number of thioether (sulfide) groups is 1. The highest BCUT2D eigenvalue weighted by molar-refractivity contribution is 9.10. The molecule has 190 valence electrons. The standard InChI is InChI=1S/C27H25BrFN5O2S/c1-2-19-15-3-4-16(11-15)23(19)31-22(35)13-37-27-30-21-10-7-17(28)12-20(21)25-32-26(36)24(33-34(25)27)14-5-8-18(29)9-6-14/h5-10,12,15-16,19,23H,2-4,11,13H2,1H3,(H,31,35)/t15-,16-,19-,23+/m0/s1. The van der Waals surface area contributed by atoms with E-state index in [0.717, 1.165) is 16.8 Å². The van der Waals surface area contributed by atoms with Gasteiger partial charge in [-0.25, -0.2) is 9.37 Å². The third-order valence-corrected chi connectivity index (χ3v) is 9.17. The molecular formula is C27H25BrFN5O2S. The molecule has 2 aliphatic rings. The fourth-order valence-electron chi connectivity index (χ4n) is 6.09. The fourth-order valence-corrected chi connectivity index (χ4v) is 7.21. The second-order valence-corrected chi connectivity index (χ2v) is 11.7. The average molecular weight is 582 g/mol. The molecule has 1 N–H and O–H groups in total. The van der Waals surface area contributed by atoms with Crippen molar-refractivity contribution in [2.75, 3.05) is 5.75 Å². The van der Waals surface area contributed by atoms with E-state index in [1.807, 2.05) is 18.2 Å². The molecule has 4 aromatic rings. The summed E-state index contributed by atoms with van der Waals surface area (Å²) in [7, 11) is 0. The van der Waals surface area contributed by atoms with Crippen molar-refractivity contribution in [3.8, 4) is 11.3 Å². The topological polar surface area (TPSA) is 89.2 Å². The lowest BCUT2D eigenvalue weighted by atomic mass is 9.83. The van der Waals surface area contributed by atoms with Gasteiger partial charge in [-0.05, 0) is 79.5 Å². The van der Waals surface area contributed by atoms with Crippen LogP contribution in [0.5, 0.6) is 0 Å². The van der Waals surface area contributed by atoms with E-state index in [9.17, 15) is 14.0 Å². The highest BCUT2D eigenvalue weighted by atomic mass is 79.9. The summed E-state index contributed by atoms with van der Waals surface area (Å²) in [6, 6.07) is 11.3. The van der Waals surface area contributed by atoms with Gasteiger partial charge in [-0.1, -0.05) is 41.0 Å². The van der Waals surface area contributed by atoms with Crippen molar-refractivity contribution in [1.29, 1.82) is 0 Å². The summed E-state index contributed by atoms with van der Waals surface area (Å²) in [4.78, 5) is 35.1. The predicted molar refractivity (Wildman–Crippen MR) is 145 cm³/mol. The molecule has 2 saturated carbocycles. The zero-order valence-electron chi connectivity index (χ0n) is 20.2. The van der Waals surface area contributed by atoms with Gasteiger partial charge in [0.2, 0.25) is 5.91 Å². The lowest BCUT2D eigenvalue weighted by Gasteiger charge is -2.31. The Morgan fingerprint density at radius 2 is 1.95 bits per heavy atom. The molecule has 0 saturated heterocycles. The molecule has 0 unspecified atom stereocenters. The summed E-state index contributed by atoms with van der Waals surface area (Å²) in [5.74, 6) is 1.61. The lowest BCUT2D eigenvalue weighted by molar-refractivity contribution is -0.120. The van der Waals surface area contributed by atoms with Crippen molar-refractivity contribution in [2.45, 2.75) is 43.8 Å². The zero-order valence-corrected chi connectivity index (χ0v) is 22.6. The Hall–Kier alpha value is -2.85. The quantitative estimate of drug-likeness (QED) is 0.190. The van der Waals surface area contributed by atoms with Crippen LogP contribution in [-0.2, 0) is 4.79 Å². The maximum atomic E-state index is 13.5. The van der Waals surface area contributed by atoms with Gasteiger partial charge in [0, 0.05) is 21.5 Å². The van der Waals surface area contributed by atoms with Crippen LogP contribution in [0.3, 0.4) is 0 Å². The van der Waals surface area contributed by atoms with E-state index in [2.05, 4.69) is 38.3 Å². The van der Waals surface area contributed by atoms with E-state index in [4.69, 9.17) is 4.98 Å². The van der Waals surface area contributed by atoms with Crippen LogP contribution in [0.2, 0.25) is 0 Å². The van der Waals surface area contributed by atoms with Crippen molar-refractivity contribution >= 4 is 50.1 Å². The van der Waals surface area contributed by atoms with Gasteiger partial charge in [-0.15, -0.1) is 0 Å². The SMILES string of the molecule is CC[C@H]1[C@H]2CC[C@@H](C2)[C@H]1NC(=O)CSc1nc2ccc(Br)cc2c2nc(=O)c(-c3ccc(F)cc3)nn12. The van der Waals surface area contributed by atoms with Crippen LogP contribution in [0.15, 0.2) is 56.9 Å². The molecule has 2 aliphatic carbocycles. The van der Waals surface area contributed by atoms with Crippen molar-refractivity contribution in [2.24, 2.45) is 17.8 Å². The molecule has 4 atom stereocenters. The monoisotopic (exact) mass is 581 g/mol. The van der Waals surface area contributed by atoms with Crippen LogP contribution in [0.4, 0.5) is 4.39 Å². The zero-order chi connectivity index (χ0) is 25.7. The Kier molecular flexibility index (Phi) is 6.48. The summed E-state index contributed by atoms with van der Waals surface area (Å²) < 4.78 is 15.8. The maximum Gasteiger partial charge on any atom is 0.300 e. The molecule has 1 amide bonds. The van der Waals surface area contributed by atoms with Crippen molar-refractivity contribution in [3.05, 3.63) is 63.1 Å². The molecule has 0 aliphatic heterocycles. The molecule has 37 heavy (non-hydrogen) atoms. The first-order valence-electron chi connectivity index (χ1n) is 12.5. The van der Waals surface area contributed by atoms with Gasteiger partial charge in [0.1, 0.15) is 5.82 Å². The number of nitrogens with zero attached hydrogens (tertiary/aromatic N) is 4. The lowest BCUT2D eigenvalue weighted by Crippen LogP contribution is -2.44. The number of hydrogen-bond acceptors (Lipinski definition) is 6. The molecule has 2 fully saturated rings. The molecule has 0 spiro atoms. The van der Waals surface area contributed by atoms with Gasteiger partial charge in [-0.3, -0.25) is 9.59 Å². The molecule has 2 bridgehead atoms. The summed E-state index contributed by atoms with van der Waals surface area (Å²) >= 11 is 4.74. The van der Waals surface area contributed by atoms with E-state index in [-0.39, 0.29) is 23.4 Å². The summed E-state index contributed by atoms with van der Waals surface area (Å²) in [6.07, 6.45) is 4.78. The van der Waals surface area contributed by atoms with E-state index >= 15 is 0 Å². The van der Waals surface area contributed by atoms with E-state index in [1.54, 1.807) is 0 Å². The Labute approximate surface area is 225 Å². The van der Waals surface area contributed by atoms with Crippen molar-refractivity contribution in [1.82, 2.24) is 24.9 Å². The Bertz CT molecular complexity index is 1580. The average Bonchev–Trinajstić information content (AvgIpc) is 3.49. The van der Waals surface area contributed by atoms with Crippen molar-refractivity contribution in [3.63, 3.8) is 0 Å². The molecule has 2 aromatic carbocycles. The van der Waals surface area contributed by atoms with Gasteiger partial charge in [0.05, 0.1) is 11.3 Å². The van der Waals surface area contributed by atoms with Crippen LogP contribution in [-0.4, -0.2) is 37.3 Å². The molecule has 10 heteroatoms. The Balaban J connectivity index is 1.35. The third kappa shape index (κ3) is 4.54. The minimum atomic E-state index is -0.519. The van der Waals surface area contributed by atoms with Gasteiger partial charge < -0.3 is 5.32 Å². The first kappa shape index (κ1) is 24.5. The largest absolute Gasteiger partial charge is 0.352 e. The first-order chi connectivity index (χ1) is 17.9. The highest BCUT2D eigenvalue weighted by Gasteiger charge is 2.46. The van der Waals surface area contributed by atoms with Crippen LogP contribution >= 0.6 is 27.7 Å². The van der Waals surface area contributed by atoms with Crippen LogP contribution < -0.4 is 10.9 Å². The van der Waals surface area contributed by atoms with Crippen molar-refractivity contribution < 1.29 is 9.18 Å². The van der Waals surface area contributed by atoms with E-state index in [0.29, 0.717) is 39.1 Å². The highest BCUT2D eigenvalue weighted by Crippen LogP contribution is 2.49. The third-order valence-electron chi connectivity index (χ3n) is 7.74. The minimum Gasteiger partial charge on any atom is -0.352 e. The second-order valence-electron chi connectivity index (χ2n) is 9.85. The number of nitrogens with one attached hydrogen (secondary N) is 1. The normalized spacial score (nSPS) is 22.7. The summed E-state index contributed by atoms with van der Waals surface area (Å²) in [6.45, 7) is 2.21. The number of halogens is 2. The number of carbonyl (C=O) groups excluding carboxylic acids is 1. The number of aromatic nitrogens is 4.